The summed E-state index contributed by atoms with van der Waals surface area (Å²) in [5.41, 5.74) is 7.62. The lowest BCUT2D eigenvalue weighted by Gasteiger charge is -2.12. The summed E-state index contributed by atoms with van der Waals surface area (Å²) in [5, 5.41) is 13.1. The molecule has 3 rings (SSSR count). The second kappa shape index (κ2) is 3.60. The van der Waals surface area contributed by atoms with Gasteiger partial charge in [-0.2, -0.15) is 0 Å². The molecule has 1 heterocycles. The third-order valence-electron chi connectivity index (χ3n) is 3.44. The quantitative estimate of drug-likeness (QED) is 0.845. The van der Waals surface area contributed by atoms with E-state index < -0.39 is 0 Å². The number of aliphatic hydroxyl groups excluding tert-OH is 1. The predicted molar refractivity (Wildman–Crippen MR) is 64.3 cm³/mol. The fraction of sp³-hybridized carbons (Fsp3) is 0.308. The predicted octanol–water partition coefficient (Wildman–Crippen LogP) is 1.95. The minimum atomic E-state index is -0.0262. The van der Waals surface area contributed by atoms with Gasteiger partial charge in [0.2, 0.25) is 0 Å². The maximum absolute atomic E-state index is 9.42. The van der Waals surface area contributed by atoms with Gasteiger partial charge in [-0.3, -0.25) is 0 Å². The number of hydrogen-bond donors (Lipinski definition) is 2. The Morgan fingerprint density at radius 2 is 2.18 bits per heavy atom. The number of nitrogens with two attached hydrogens (primary N) is 1. The zero-order valence-electron chi connectivity index (χ0n) is 9.39. The molecule has 0 bridgehead atoms. The molecule has 1 aromatic heterocycles. The van der Waals surface area contributed by atoms with Gasteiger partial charge in [0.1, 0.15) is 0 Å². The van der Waals surface area contributed by atoms with Gasteiger partial charge < -0.3 is 15.4 Å². The molecular formula is C13H14N2O2. The van der Waals surface area contributed by atoms with Gasteiger partial charge >= 0.3 is 0 Å². The van der Waals surface area contributed by atoms with Gasteiger partial charge in [-0.25, -0.2) is 0 Å². The molecule has 1 fully saturated rings. The van der Waals surface area contributed by atoms with Crippen molar-refractivity contribution in [1.29, 1.82) is 0 Å². The highest BCUT2D eigenvalue weighted by atomic mass is 16.5. The lowest BCUT2D eigenvalue weighted by molar-refractivity contribution is 0.255. The highest BCUT2D eigenvalue weighted by Crippen LogP contribution is 2.48. The van der Waals surface area contributed by atoms with Crippen LogP contribution >= 0.6 is 0 Å². The van der Waals surface area contributed by atoms with Crippen LogP contribution in [-0.2, 0) is 5.41 Å². The summed E-state index contributed by atoms with van der Waals surface area (Å²) in [6, 6.07) is 9.73. The Kier molecular flexibility index (Phi) is 2.19. The first-order valence-electron chi connectivity index (χ1n) is 5.67. The van der Waals surface area contributed by atoms with Crippen LogP contribution in [0.5, 0.6) is 0 Å². The molecule has 4 nitrogen and oxygen atoms in total. The number of anilines is 1. The minimum Gasteiger partial charge on any atom is -0.395 e. The molecule has 0 amide bonds. The van der Waals surface area contributed by atoms with Crippen LogP contribution in [0.1, 0.15) is 18.4 Å². The summed E-state index contributed by atoms with van der Waals surface area (Å²) < 4.78 is 5.13. The molecule has 1 aliphatic carbocycles. The molecular weight excluding hydrogens is 216 g/mol. The number of hydrogen-bond acceptors (Lipinski definition) is 4. The Hall–Kier alpha value is -1.81. The van der Waals surface area contributed by atoms with Crippen molar-refractivity contribution in [3.63, 3.8) is 0 Å². The summed E-state index contributed by atoms with van der Waals surface area (Å²) in [6.45, 7) is 0.203. The molecule has 88 valence electrons. The van der Waals surface area contributed by atoms with E-state index in [1.165, 1.54) is 0 Å². The average molecular weight is 230 g/mol. The van der Waals surface area contributed by atoms with Crippen molar-refractivity contribution in [2.75, 3.05) is 12.3 Å². The molecule has 1 aromatic carbocycles. The van der Waals surface area contributed by atoms with E-state index >= 15 is 0 Å². The zero-order valence-corrected chi connectivity index (χ0v) is 9.39. The Morgan fingerprint density at radius 1 is 1.35 bits per heavy atom. The normalized spacial score (nSPS) is 17.0. The van der Waals surface area contributed by atoms with Crippen molar-refractivity contribution in [2.24, 2.45) is 0 Å². The molecule has 0 atom stereocenters. The fourth-order valence-corrected chi connectivity index (χ4v) is 2.12. The maximum atomic E-state index is 9.42. The van der Waals surface area contributed by atoms with Crippen molar-refractivity contribution in [1.82, 2.24) is 5.16 Å². The Labute approximate surface area is 99.0 Å². The molecule has 1 saturated carbocycles. The van der Waals surface area contributed by atoms with Crippen molar-refractivity contribution in [2.45, 2.75) is 18.3 Å². The second-order valence-electron chi connectivity index (χ2n) is 4.64. The first-order chi connectivity index (χ1) is 8.23. The highest BCUT2D eigenvalue weighted by Gasteiger charge is 2.43. The zero-order chi connectivity index (χ0) is 11.9. The van der Waals surface area contributed by atoms with E-state index in [0.29, 0.717) is 11.6 Å². The van der Waals surface area contributed by atoms with Crippen molar-refractivity contribution < 1.29 is 9.63 Å². The van der Waals surface area contributed by atoms with Gasteiger partial charge in [0.05, 0.1) is 6.61 Å². The number of rotatable bonds is 3. The molecule has 0 spiro atoms. The number of nitrogen functional groups attached to an aromatic ring is 1. The molecule has 17 heavy (non-hydrogen) atoms. The first-order valence-corrected chi connectivity index (χ1v) is 5.67. The molecule has 1 aliphatic rings. The van der Waals surface area contributed by atoms with Crippen LogP contribution in [0, 0.1) is 0 Å². The first kappa shape index (κ1) is 10.4. The van der Waals surface area contributed by atoms with Gasteiger partial charge in [0.15, 0.2) is 11.6 Å². The third kappa shape index (κ3) is 1.70. The summed E-state index contributed by atoms with van der Waals surface area (Å²) >= 11 is 0. The van der Waals surface area contributed by atoms with E-state index in [0.717, 1.165) is 24.0 Å². The molecule has 0 unspecified atom stereocenters. The highest BCUT2D eigenvalue weighted by molar-refractivity contribution is 5.61. The Bertz CT molecular complexity index is 544. The third-order valence-corrected chi connectivity index (χ3v) is 3.44. The van der Waals surface area contributed by atoms with Crippen molar-refractivity contribution >= 4 is 5.82 Å². The average Bonchev–Trinajstić information content (AvgIpc) is 3.06. The minimum absolute atomic E-state index is 0.0262. The van der Waals surface area contributed by atoms with Crippen molar-refractivity contribution in [3.05, 3.63) is 35.9 Å². The van der Waals surface area contributed by atoms with Gasteiger partial charge in [-0.1, -0.05) is 23.4 Å². The summed E-state index contributed by atoms with van der Waals surface area (Å²) in [5.74, 6) is 1.05. The lowest BCUT2D eigenvalue weighted by Crippen LogP contribution is -2.11. The van der Waals surface area contributed by atoms with Gasteiger partial charge in [-0.05, 0) is 24.5 Å². The second-order valence-corrected chi connectivity index (χ2v) is 4.64. The molecule has 2 aromatic rings. The largest absolute Gasteiger partial charge is 0.395 e. The Balaban J connectivity index is 2.00. The van der Waals surface area contributed by atoms with Crippen LogP contribution in [0.4, 0.5) is 5.82 Å². The van der Waals surface area contributed by atoms with Crippen molar-refractivity contribution in [3.8, 4) is 11.3 Å². The number of aliphatic hydroxyl groups is 1. The van der Waals surface area contributed by atoms with Crippen LogP contribution in [0.2, 0.25) is 0 Å². The van der Waals surface area contributed by atoms with Gasteiger partial charge in [-0.15, -0.1) is 0 Å². The van der Waals surface area contributed by atoms with Gasteiger partial charge in [0, 0.05) is 17.0 Å². The molecule has 0 radical (unpaired) electrons. The van der Waals surface area contributed by atoms with Crippen LogP contribution in [0.15, 0.2) is 34.9 Å². The Morgan fingerprint density at radius 3 is 2.76 bits per heavy atom. The molecule has 4 heteroatoms. The standard InChI is InChI=1S/C13H14N2O2/c14-12-7-11(17-15-12)9-2-1-3-10(6-9)13(8-16)4-5-13/h1-3,6-7,16H,4-5,8H2,(H2,14,15). The van der Waals surface area contributed by atoms with Gasteiger partial charge in [0.25, 0.3) is 0 Å². The van der Waals surface area contributed by atoms with E-state index in [1.54, 1.807) is 6.07 Å². The summed E-state index contributed by atoms with van der Waals surface area (Å²) in [7, 11) is 0. The number of benzene rings is 1. The molecule has 0 saturated heterocycles. The van der Waals surface area contributed by atoms with Crippen LogP contribution in [0.25, 0.3) is 11.3 Å². The van der Waals surface area contributed by atoms with Crippen LogP contribution in [0.3, 0.4) is 0 Å². The van der Waals surface area contributed by atoms with E-state index in [2.05, 4.69) is 5.16 Å². The van der Waals surface area contributed by atoms with Crippen LogP contribution in [-0.4, -0.2) is 16.9 Å². The fourth-order valence-electron chi connectivity index (χ4n) is 2.12. The lowest BCUT2D eigenvalue weighted by atomic mass is 9.95. The molecule has 3 N–H and O–H groups in total. The summed E-state index contributed by atoms with van der Waals surface area (Å²) in [6.07, 6.45) is 2.09. The number of nitrogens with zero attached hydrogens (tertiary/aromatic N) is 1. The number of aromatic nitrogens is 1. The smallest absolute Gasteiger partial charge is 0.169 e. The van der Waals surface area contributed by atoms with E-state index in [4.69, 9.17) is 10.3 Å². The van der Waals surface area contributed by atoms with E-state index in [-0.39, 0.29) is 12.0 Å². The van der Waals surface area contributed by atoms with E-state index in [9.17, 15) is 5.11 Å². The van der Waals surface area contributed by atoms with Crippen LogP contribution < -0.4 is 5.73 Å². The monoisotopic (exact) mass is 230 g/mol. The van der Waals surface area contributed by atoms with E-state index in [1.807, 2.05) is 24.3 Å². The maximum Gasteiger partial charge on any atom is 0.169 e. The topological polar surface area (TPSA) is 72.3 Å². The molecule has 0 aliphatic heterocycles. The summed E-state index contributed by atoms with van der Waals surface area (Å²) in [4.78, 5) is 0. The SMILES string of the molecule is Nc1cc(-c2cccc(C3(CO)CC3)c2)on1.